The average Bonchev–Trinajstić information content (AvgIpc) is 2.36. The van der Waals surface area contributed by atoms with Gasteiger partial charge in [0.2, 0.25) is 11.5 Å². The lowest BCUT2D eigenvalue weighted by atomic mass is 10.2. The van der Waals surface area contributed by atoms with Crippen molar-refractivity contribution < 1.29 is 23.7 Å². The SMILES string of the molecule is COc1cc(OC)c2c(c1)OC(=C(C)C)C(=O)O2. The highest BCUT2D eigenvalue weighted by Crippen LogP contribution is 2.44. The van der Waals surface area contributed by atoms with Crippen LogP contribution in [0.2, 0.25) is 0 Å². The largest absolute Gasteiger partial charge is 0.496 e. The first-order valence-electron chi connectivity index (χ1n) is 5.40. The Morgan fingerprint density at radius 3 is 2.39 bits per heavy atom. The first-order chi connectivity index (χ1) is 8.56. The van der Waals surface area contributed by atoms with Gasteiger partial charge in [0.25, 0.3) is 0 Å². The molecule has 0 aromatic heterocycles. The minimum atomic E-state index is -0.522. The molecule has 0 saturated heterocycles. The molecular weight excluding hydrogens is 236 g/mol. The molecule has 0 fully saturated rings. The van der Waals surface area contributed by atoms with Crippen LogP contribution in [-0.2, 0) is 4.79 Å². The van der Waals surface area contributed by atoms with Crippen molar-refractivity contribution in [1.82, 2.24) is 0 Å². The van der Waals surface area contributed by atoms with E-state index in [2.05, 4.69) is 0 Å². The Balaban J connectivity index is 2.55. The summed E-state index contributed by atoms with van der Waals surface area (Å²) < 4.78 is 21.0. The van der Waals surface area contributed by atoms with Gasteiger partial charge < -0.3 is 18.9 Å². The lowest BCUT2D eigenvalue weighted by Crippen LogP contribution is -2.22. The number of fused-ring (bicyclic) bond motifs is 1. The molecule has 0 aliphatic carbocycles. The number of carbonyl (C=O) groups is 1. The van der Waals surface area contributed by atoms with E-state index in [9.17, 15) is 4.79 Å². The van der Waals surface area contributed by atoms with Gasteiger partial charge in [0.05, 0.1) is 14.2 Å². The fourth-order valence-corrected chi connectivity index (χ4v) is 1.60. The summed E-state index contributed by atoms with van der Waals surface area (Å²) in [6.07, 6.45) is 0. The molecule has 0 atom stereocenters. The Bertz CT molecular complexity index is 526. The molecule has 18 heavy (non-hydrogen) atoms. The van der Waals surface area contributed by atoms with Crippen LogP contribution in [0, 0.1) is 0 Å². The smallest absolute Gasteiger partial charge is 0.379 e. The predicted molar refractivity (Wildman–Crippen MR) is 64.2 cm³/mol. The predicted octanol–water partition coefficient (Wildman–Crippen LogP) is 2.30. The second-order valence-corrected chi connectivity index (χ2v) is 3.98. The van der Waals surface area contributed by atoms with Crippen molar-refractivity contribution in [2.45, 2.75) is 13.8 Å². The molecule has 0 N–H and O–H groups in total. The van der Waals surface area contributed by atoms with Crippen molar-refractivity contribution in [1.29, 1.82) is 0 Å². The number of hydrogen-bond acceptors (Lipinski definition) is 5. The Morgan fingerprint density at radius 2 is 1.83 bits per heavy atom. The van der Waals surface area contributed by atoms with Gasteiger partial charge in [-0.2, -0.15) is 0 Å². The highest BCUT2D eigenvalue weighted by atomic mass is 16.6. The number of carbonyl (C=O) groups excluding carboxylic acids is 1. The lowest BCUT2D eigenvalue weighted by Gasteiger charge is -2.22. The summed E-state index contributed by atoms with van der Waals surface area (Å²) in [7, 11) is 3.02. The van der Waals surface area contributed by atoms with E-state index in [0.717, 1.165) is 5.57 Å². The molecule has 1 aromatic rings. The molecule has 5 heteroatoms. The van der Waals surface area contributed by atoms with Gasteiger partial charge in [-0.15, -0.1) is 0 Å². The Kier molecular flexibility index (Phi) is 3.14. The monoisotopic (exact) mass is 250 g/mol. The zero-order valence-corrected chi connectivity index (χ0v) is 10.7. The number of hydrogen-bond donors (Lipinski definition) is 0. The topological polar surface area (TPSA) is 54.0 Å². The van der Waals surface area contributed by atoms with Crippen LogP contribution in [-0.4, -0.2) is 20.2 Å². The van der Waals surface area contributed by atoms with Crippen LogP contribution in [0.3, 0.4) is 0 Å². The maximum absolute atomic E-state index is 11.7. The maximum Gasteiger partial charge on any atom is 0.379 e. The fraction of sp³-hybridized carbons (Fsp3) is 0.308. The normalized spacial score (nSPS) is 13.3. The molecule has 0 saturated carbocycles. The third kappa shape index (κ3) is 1.99. The average molecular weight is 250 g/mol. The summed E-state index contributed by atoms with van der Waals surface area (Å²) in [6, 6.07) is 3.27. The molecule has 0 spiro atoms. The molecule has 1 aromatic carbocycles. The standard InChI is InChI=1S/C13H14O5/c1-7(2)11-13(14)18-12-9(16-4)5-8(15-3)6-10(12)17-11/h5-6H,1-4H3. The van der Waals surface area contributed by atoms with Crippen LogP contribution < -0.4 is 18.9 Å². The van der Waals surface area contributed by atoms with E-state index >= 15 is 0 Å². The third-order valence-corrected chi connectivity index (χ3v) is 2.50. The second-order valence-electron chi connectivity index (χ2n) is 3.98. The molecule has 0 radical (unpaired) electrons. The maximum atomic E-state index is 11.7. The van der Waals surface area contributed by atoms with Gasteiger partial charge in [0.1, 0.15) is 5.75 Å². The van der Waals surface area contributed by atoms with E-state index in [0.29, 0.717) is 17.2 Å². The van der Waals surface area contributed by atoms with Crippen molar-refractivity contribution in [3.05, 3.63) is 23.5 Å². The highest BCUT2D eigenvalue weighted by molar-refractivity contribution is 5.92. The molecule has 0 amide bonds. The highest BCUT2D eigenvalue weighted by Gasteiger charge is 2.29. The van der Waals surface area contributed by atoms with Gasteiger partial charge >= 0.3 is 5.97 Å². The molecule has 0 unspecified atom stereocenters. The van der Waals surface area contributed by atoms with Crippen molar-refractivity contribution in [2.24, 2.45) is 0 Å². The Morgan fingerprint density at radius 1 is 1.11 bits per heavy atom. The van der Waals surface area contributed by atoms with Crippen LogP contribution in [0.25, 0.3) is 0 Å². The molecular formula is C13H14O5. The minimum Gasteiger partial charge on any atom is -0.496 e. The van der Waals surface area contributed by atoms with Crippen LogP contribution in [0.4, 0.5) is 0 Å². The zero-order chi connectivity index (χ0) is 13.3. The summed E-state index contributed by atoms with van der Waals surface area (Å²) >= 11 is 0. The van der Waals surface area contributed by atoms with E-state index in [1.165, 1.54) is 14.2 Å². The summed E-state index contributed by atoms with van der Waals surface area (Å²) in [6.45, 7) is 3.55. The molecule has 1 aliphatic rings. The van der Waals surface area contributed by atoms with Gasteiger partial charge in [-0.25, -0.2) is 4.79 Å². The Hall–Kier alpha value is -2.17. The number of rotatable bonds is 2. The summed E-state index contributed by atoms with van der Waals surface area (Å²) in [5.74, 6) is 1.31. The van der Waals surface area contributed by atoms with E-state index in [1.807, 2.05) is 0 Å². The lowest BCUT2D eigenvalue weighted by molar-refractivity contribution is -0.134. The molecule has 2 rings (SSSR count). The third-order valence-electron chi connectivity index (χ3n) is 2.50. The number of ether oxygens (including phenoxy) is 4. The number of esters is 1. The molecule has 1 aliphatic heterocycles. The van der Waals surface area contributed by atoms with Gasteiger partial charge in [-0.05, 0) is 19.4 Å². The first-order valence-corrected chi connectivity index (χ1v) is 5.40. The van der Waals surface area contributed by atoms with Gasteiger partial charge in [0.15, 0.2) is 11.5 Å². The number of allylic oxidation sites excluding steroid dienone is 1. The van der Waals surface area contributed by atoms with Crippen molar-refractivity contribution in [3.63, 3.8) is 0 Å². The number of methoxy groups -OCH3 is 2. The Labute approximate surface area is 105 Å². The molecule has 0 bridgehead atoms. The summed E-state index contributed by atoms with van der Waals surface area (Å²) in [5, 5.41) is 0. The zero-order valence-electron chi connectivity index (χ0n) is 10.7. The van der Waals surface area contributed by atoms with Gasteiger partial charge in [-0.3, -0.25) is 0 Å². The number of benzene rings is 1. The van der Waals surface area contributed by atoms with Crippen LogP contribution >= 0.6 is 0 Å². The van der Waals surface area contributed by atoms with E-state index in [4.69, 9.17) is 18.9 Å². The van der Waals surface area contributed by atoms with Crippen LogP contribution in [0.5, 0.6) is 23.0 Å². The van der Waals surface area contributed by atoms with Crippen LogP contribution in [0.1, 0.15) is 13.8 Å². The van der Waals surface area contributed by atoms with Crippen molar-refractivity contribution >= 4 is 5.97 Å². The van der Waals surface area contributed by atoms with E-state index in [1.54, 1.807) is 26.0 Å². The quantitative estimate of drug-likeness (QED) is 0.458. The van der Waals surface area contributed by atoms with E-state index < -0.39 is 5.97 Å². The van der Waals surface area contributed by atoms with E-state index in [-0.39, 0.29) is 11.5 Å². The van der Waals surface area contributed by atoms with Gasteiger partial charge in [0, 0.05) is 12.1 Å². The summed E-state index contributed by atoms with van der Waals surface area (Å²) in [5.41, 5.74) is 0.743. The minimum absolute atomic E-state index is 0.192. The fourth-order valence-electron chi connectivity index (χ4n) is 1.60. The molecule has 5 nitrogen and oxygen atoms in total. The van der Waals surface area contributed by atoms with Crippen molar-refractivity contribution in [3.8, 4) is 23.0 Å². The van der Waals surface area contributed by atoms with Gasteiger partial charge in [-0.1, -0.05) is 0 Å². The second kappa shape index (κ2) is 4.60. The molecule has 1 heterocycles. The summed E-state index contributed by atoms with van der Waals surface area (Å²) in [4.78, 5) is 11.7. The van der Waals surface area contributed by atoms with Crippen LogP contribution in [0.15, 0.2) is 23.5 Å². The van der Waals surface area contributed by atoms with Crippen molar-refractivity contribution in [2.75, 3.05) is 14.2 Å². The first kappa shape index (κ1) is 12.3. The molecule has 96 valence electrons.